The molecule has 0 radical (unpaired) electrons. The normalized spacial score (nSPS) is 30.4. The third-order valence-electron chi connectivity index (χ3n) is 4.30. The van der Waals surface area contributed by atoms with Crippen LogP contribution >= 0.6 is 24.8 Å². The molecule has 0 amide bonds. The number of hydrogen-bond acceptors (Lipinski definition) is 2. The quantitative estimate of drug-likeness (QED) is 0.855. The minimum atomic E-state index is 0. The Morgan fingerprint density at radius 1 is 1.17 bits per heavy atom. The van der Waals surface area contributed by atoms with Gasteiger partial charge in [0.15, 0.2) is 0 Å². The van der Waals surface area contributed by atoms with Gasteiger partial charge in [0, 0.05) is 19.1 Å². The Kier molecular flexibility index (Phi) is 5.47. The standard InChI is InChI=1S/C14H20N2.2ClH/c1-10-5-3-4-6-12(10)14-13-8-15-7-11(13)9-16(14)2;;/h3-6,11,13-15H,7-9H2,1-2H3;2*1H/t11-,13-,14+;;/m1../s1. The van der Waals surface area contributed by atoms with Crippen LogP contribution in [0.3, 0.4) is 0 Å². The zero-order valence-corrected chi connectivity index (χ0v) is 12.6. The van der Waals surface area contributed by atoms with Crippen molar-refractivity contribution in [3.05, 3.63) is 35.4 Å². The largest absolute Gasteiger partial charge is 0.316 e. The number of likely N-dealkylation sites (tertiary alicyclic amines) is 1. The van der Waals surface area contributed by atoms with Gasteiger partial charge in [-0.25, -0.2) is 0 Å². The number of aryl methyl sites for hydroxylation is 1. The molecule has 0 aliphatic carbocycles. The van der Waals surface area contributed by atoms with E-state index in [0.29, 0.717) is 6.04 Å². The molecule has 1 aromatic rings. The molecule has 102 valence electrons. The van der Waals surface area contributed by atoms with Crippen molar-refractivity contribution in [2.45, 2.75) is 13.0 Å². The summed E-state index contributed by atoms with van der Waals surface area (Å²) in [5.74, 6) is 1.67. The molecule has 0 unspecified atom stereocenters. The van der Waals surface area contributed by atoms with Crippen molar-refractivity contribution in [1.82, 2.24) is 10.2 Å². The predicted octanol–water partition coefficient (Wildman–Crippen LogP) is 2.66. The zero-order chi connectivity index (χ0) is 11.1. The highest BCUT2D eigenvalue weighted by atomic mass is 35.5. The summed E-state index contributed by atoms with van der Waals surface area (Å²) in [5, 5.41) is 3.54. The molecule has 1 aromatic carbocycles. The molecule has 18 heavy (non-hydrogen) atoms. The Morgan fingerprint density at radius 3 is 2.61 bits per heavy atom. The number of benzene rings is 1. The summed E-state index contributed by atoms with van der Waals surface area (Å²) in [7, 11) is 2.27. The SMILES string of the molecule is Cc1ccccc1[C@H]1[C@@H]2CNC[C@@H]2CN1C.Cl.Cl. The van der Waals surface area contributed by atoms with Crippen LogP contribution in [0, 0.1) is 18.8 Å². The predicted molar refractivity (Wildman–Crippen MR) is 80.9 cm³/mol. The van der Waals surface area contributed by atoms with E-state index in [1.54, 1.807) is 0 Å². The van der Waals surface area contributed by atoms with Crippen molar-refractivity contribution in [3.63, 3.8) is 0 Å². The van der Waals surface area contributed by atoms with Gasteiger partial charge in [0.1, 0.15) is 0 Å². The summed E-state index contributed by atoms with van der Waals surface area (Å²) < 4.78 is 0. The molecule has 3 rings (SSSR count). The van der Waals surface area contributed by atoms with Crippen LogP contribution < -0.4 is 5.32 Å². The Labute approximate surface area is 122 Å². The lowest BCUT2D eigenvalue weighted by molar-refractivity contribution is 0.275. The van der Waals surface area contributed by atoms with Crippen LogP contribution in [-0.2, 0) is 0 Å². The topological polar surface area (TPSA) is 15.3 Å². The highest BCUT2D eigenvalue weighted by molar-refractivity contribution is 5.85. The summed E-state index contributed by atoms with van der Waals surface area (Å²) in [6.45, 7) is 5.88. The number of nitrogens with one attached hydrogen (secondary N) is 1. The molecule has 2 heterocycles. The Balaban J connectivity index is 0.000000810. The number of rotatable bonds is 1. The van der Waals surface area contributed by atoms with Crippen LogP contribution in [0.2, 0.25) is 0 Å². The van der Waals surface area contributed by atoms with Gasteiger partial charge in [-0.3, -0.25) is 4.90 Å². The maximum Gasteiger partial charge on any atom is 0.0391 e. The van der Waals surface area contributed by atoms with Crippen molar-refractivity contribution < 1.29 is 0 Å². The van der Waals surface area contributed by atoms with Gasteiger partial charge in [-0.05, 0) is 43.5 Å². The monoisotopic (exact) mass is 288 g/mol. The number of fused-ring (bicyclic) bond motifs is 1. The van der Waals surface area contributed by atoms with E-state index in [1.165, 1.54) is 30.8 Å². The molecule has 3 atom stereocenters. The Bertz CT molecular complexity index is 397. The van der Waals surface area contributed by atoms with E-state index >= 15 is 0 Å². The summed E-state index contributed by atoms with van der Waals surface area (Å²) >= 11 is 0. The van der Waals surface area contributed by atoms with Crippen molar-refractivity contribution in [1.29, 1.82) is 0 Å². The molecule has 4 heteroatoms. The fourth-order valence-corrected chi connectivity index (χ4v) is 3.52. The van der Waals surface area contributed by atoms with Crippen LogP contribution in [-0.4, -0.2) is 31.6 Å². The molecule has 2 aliphatic rings. The summed E-state index contributed by atoms with van der Waals surface area (Å²) in [6.07, 6.45) is 0. The molecular weight excluding hydrogens is 267 g/mol. The van der Waals surface area contributed by atoms with Gasteiger partial charge in [-0.1, -0.05) is 24.3 Å². The lowest BCUT2D eigenvalue weighted by Gasteiger charge is -2.26. The zero-order valence-electron chi connectivity index (χ0n) is 10.9. The van der Waals surface area contributed by atoms with E-state index in [9.17, 15) is 0 Å². The van der Waals surface area contributed by atoms with Crippen LogP contribution in [0.4, 0.5) is 0 Å². The van der Waals surface area contributed by atoms with Crippen molar-refractivity contribution in [2.24, 2.45) is 11.8 Å². The number of hydrogen-bond donors (Lipinski definition) is 1. The molecule has 0 bridgehead atoms. The summed E-state index contributed by atoms with van der Waals surface area (Å²) in [5.41, 5.74) is 2.97. The molecule has 2 saturated heterocycles. The summed E-state index contributed by atoms with van der Waals surface area (Å²) in [6, 6.07) is 9.47. The third-order valence-corrected chi connectivity index (χ3v) is 4.30. The smallest absolute Gasteiger partial charge is 0.0391 e. The molecule has 0 saturated carbocycles. The molecule has 2 nitrogen and oxygen atoms in total. The number of nitrogens with zero attached hydrogens (tertiary/aromatic N) is 1. The van der Waals surface area contributed by atoms with Gasteiger partial charge in [0.05, 0.1) is 0 Å². The minimum Gasteiger partial charge on any atom is -0.316 e. The Morgan fingerprint density at radius 2 is 1.89 bits per heavy atom. The lowest BCUT2D eigenvalue weighted by Crippen LogP contribution is -2.26. The maximum absolute atomic E-state index is 3.54. The second-order valence-corrected chi connectivity index (χ2v) is 5.32. The highest BCUT2D eigenvalue weighted by Gasteiger charge is 2.43. The van der Waals surface area contributed by atoms with E-state index in [0.717, 1.165) is 11.8 Å². The van der Waals surface area contributed by atoms with Crippen molar-refractivity contribution in [3.8, 4) is 0 Å². The van der Waals surface area contributed by atoms with Gasteiger partial charge in [0.2, 0.25) is 0 Å². The van der Waals surface area contributed by atoms with Crippen LogP contribution in [0.5, 0.6) is 0 Å². The fraction of sp³-hybridized carbons (Fsp3) is 0.571. The van der Waals surface area contributed by atoms with Gasteiger partial charge in [-0.15, -0.1) is 24.8 Å². The molecule has 0 aromatic heterocycles. The first-order valence-electron chi connectivity index (χ1n) is 6.24. The molecular formula is C14H22Cl2N2. The van der Waals surface area contributed by atoms with Crippen LogP contribution in [0.25, 0.3) is 0 Å². The van der Waals surface area contributed by atoms with E-state index in [4.69, 9.17) is 0 Å². The van der Waals surface area contributed by atoms with Gasteiger partial charge in [0.25, 0.3) is 0 Å². The molecule has 2 aliphatic heterocycles. The van der Waals surface area contributed by atoms with E-state index < -0.39 is 0 Å². The van der Waals surface area contributed by atoms with E-state index in [2.05, 4.69) is 48.5 Å². The summed E-state index contributed by atoms with van der Waals surface area (Å²) in [4.78, 5) is 2.54. The molecule has 2 fully saturated rings. The first-order valence-corrected chi connectivity index (χ1v) is 6.24. The minimum absolute atomic E-state index is 0. The van der Waals surface area contributed by atoms with Crippen molar-refractivity contribution in [2.75, 3.05) is 26.7 Å². The van der Waals surface area contributed by atoms with Gasteiger partial charge in [-0.2, -0.15) is 0 Å². The van der Waals surface area contributed by atoms with Gasteiger partial charge < -0.3 is 5.32 Å². The fourth-order valence-electron chi connectivity index (χ4n) is 3.52. The van der Waals surface area contributed by atoms with Crippen molar-refractivity contribution >= 4 is 24.8 Å². The first-order chi connectivity index (χ1) is 7.77. The van der Waals surface area contributed by atoms with Crippen LogP contribution in [0.15, 0.2) is 24.3 Å². The lowest BCUT2D eigenvalue weighted by atomic mass is 9.88. The Hall–Kier alpha value is -0.280. The average Bonchev–Trinajstić information content (AvgIpc) is 2.79. The molecule has 1 N–H and O–H groups in total. The second kappa shape index (κ2) is 6.25. The maximum atomic E-state index is 3.54. The molecule has 0 spiro atoms. The van der Waals surface area contributed by atoms with E-state index in [1.807, 2.05) is 0 Å². The van der Waals surface area contributed by atoms with E-state index in [-0.39, 0.29) is 24.8 Å². The highest BCUT2D eigenvalue weighted by Crippen LogP contribution is 2.42. The van der Waals surface area contributed by atoms with Gasteiger partial charge >= 0.3 is 0 Å². The third kappa shape index (κ3) is 2.53. The second-order valence-electron chi connectivity index (χ2n) is 5.32. The first kappa shape index (κ1) is 15.8. The van der Waals surface area contributed by atoms with Crippen LogP contribution in [0.1, 0.15) is 17.2 Å². The number of halogens is 2. The average molecular weight is 289 g/mol.